The maximum atomic E-state index is 12.8. The molecule has 1 aliphatic rings. The van der Waals surface area contributed by atoms with E-state index in [4.69, 9.17) is 4.74 Å². The summed E-state index contributed by atoms with van der Waals surface area (Å²) in [4.78, 5) is 24.6. The van der Waals surface area contributed by atoms with Crippen LogP contribution in [0.4, 0.5) is 0 Å². The molecule has 0 aliphatic carbocycles. The quantitative estimate of drug-likeness (QED) is 0.695. The van der Waals surface area contributed by atoms with Crippen molar-refractivity contribution in [3.8, 4) is 0 Å². The second-order valence-electron chi connectivity index (χ2n) is 5.25. The summed E-state index contributed by atoms with van der Waals surface area (Å²) in [5, 5.41) is 3.09. The molecule has 0 fully saturated rings. The smallest absolute Gasteiger partial charge is 0.332 e. The van der Waals surface area contributed by atoms with Gasteiger partial charge in [-0.25, -0.2) is 4.79 Å². The summed E-state index contributed by atoms with van der Waals surface area (Å²) in [6, 6.07) is 19.0. The fourth-order valence-electron chi connectivity index (χ4n) is 2.61. The van der Waals surface area contributed by atoms with Crippen molar-refractivity contribution in [1.82, 2.24) is 5.32 Å². The Hall–Kier alpha value is -3.14. The predicted molar refractivity (Wildman–Crippen MR) is 92.6 cm³/mol. The Kier molecular flexibility index (Phi) is 4.57. The number of carbonyl (C=O) groups is 2. The number of hydrogen-bond acceptors (Lipinski definition) is 4. The molecule has 0 bridgehead atoms. The first-order chi connectivity index (χ1) is 11.7. The molecule has 2 aromatic rings. The fraction of sp³-hybridized carbons (Fsp3) is 0.100. The summed E-state index contributed by atoms with van der Waals surface area (Å²) >= 11 is 0. The first kappa shape index (κ1) is 15.7. The van der Waals surface area contributed by atoms with Gasteiger partial charge >= 0.3 is 5.97 Å². The van der Waals surface area contributed by atoms with E-state index in [-0.39, 0.29) is 18.1 Å². The molecule has 0 saturated carbocycles. The largest absolute Gasteiger partial charge is 0.463 e. The number of ketones is 1. The first-order valence-corrected chi connectivity index (χ1v) is 7.76. The number of rotatable bonds is 4. The Bertz CT molecular complexity index is 820. The van der Waals surface area contributed by atoms with Crippen LogP contribution in [0.3, 0.4) is 0 Å². The fourth-order valence-corrected chi connectivity index (χ4v) is 2.61. The number of benzene rings is 2. The van der Waals surface area contributed by atoms with Gasteiger partial charge in [0, 0.05) is 0 Å². The van der Waals surface area contributed by atoms with Crippen LogP contribution in [-0.2, 0) is 14.3 Å². The van der Waals surface area contributed by atoms with Crippen molar-refractivity contribution in [1.29, 1.82) is 0 Å². The number of nitrogens with one attached hydrogen (secondary N) is 1. The Morgan fingerprint density at radius 3 is 2.17 bits per heavy atom. The van der Waals surface area contributed by atoms with Gasteiger partial charge in [0.1, 0.15) is 0 Å². The lowest BCUT2D eigenvalue weighted by Crippen LogP contribution is -2.13. The van der Waals surface area contributed by atoms with Crippen LogP contribution >= 0.6 is 0 Å². The monoisotopic (exact) mass is 319 g/mol. The second kappa shape index (κ2) is 6.96. The standard InChI is InChI=1S/C20H17NO3/c1-2-24-17(22)13-16-20(23)18(14-9-5-3-6-10-14)19(21-16)15-11-7-4-8-12-15/h3-13,21H,2H2,1H3/b16-13-. The molecule has 2 aromatic carbocycles. The summed E-state index contributed by atoms with van der Waals surface area (Å²) in [6.45, 7) is 1.99. The van der Waals surface area contributed by atoms with Crippen molar-refractivity contribution >= 4 is 23.0 Å². The minimum atomic E-state index is -0.532. The zero-order chi connectivity index (χ0) is 16.9. The number of Topliss-reactive ketones (excluding diaryl/α,β-unsaturated/α-hetero) is 1. The molecular weight excluding hydrogens is 302 g/mol. The SMILES string of the molecule is CCOC(=O)/C=C1\NC(c2ccccc2)=C(c2ccccc2)C1=O. The summed E-state index contributed by atoms with van der Waals surface area (Å²) in [6.07, 6.45) is 1.21. The molecule has 3 rings (SSSR count). The van der Waals surface area contributed by atoms with Crippen LogP contribution in [0, 0.1) is 0 Å². The van der Waals surface area contributed by atoms with Crippen LogP contribution < -0.4 is 5.32 Å². The maximum absolute atomic E-state index is 12.8. The normalized spacial score (nSPS) is 15.5. The van der Waals surface area contributed by atoms with Crippen LogP contribution in [0.2, 0.25) is 0 Å². The zero-order valence-corrected chi connectivity index (χ0v) is 13.3. The number of allylic oxidation sites excluding steroid dienone is 1. The molecule has 0 unspecified atom stereocenters. The zero-order valence-electron chi connectivity index (χ0n) is 13.3. The van der Waals surface area contributed by atoms with Gasteiger partial charge in [0.2, 0.25) is 5.78 Å². The minimum absolute atomic E-state index is 0.215. The molecule has 1 heterocycles. The second-order valence-corrected chi connectivity index (χ2v) is 5.25. The lowest BCUT2D eigenvalue weighted by Gasteiger charge is -2.06. The summed E-state index contributed by atoms with van der Waals surface area (Å²) in [5.74, 6) is -0.747. The highest BCUT2D eigenvalue weighted by atomic mass is 16.5. The minimum Gasteiger partial charge on any atom is -0.463 e. The van der Waals surface area contributed by atoms with Crippen LogP contribution in [-0.4, -0.2) is 18.4 Å². The third kappa shape index (κ3) is 3.13. The molecule has 0 radical (unpaired) electrons. The summed E-state index contributed by atoms with van der Waals surface area (Å²) in [5.41, 5.74) is 3.17. The maximum Gasteiger partial charge on any atom is 0.332 e. The molecule has 0 atom stereocenters. The third-order valence-corrected chi connectivity index (χ3v) is 3.66. The van der Waals surface area contributed by atoms with Crippen molar-refractivity contribution in [2.45, 2.75) is 6.92 Å². The van der Waals surface area contributed by atoms with Crippen LogP contribution in [0.5, 0.6) is 0 Å². The van der Waals surface area contributed by atoms with Crippen molar-refractivity contribution in [3.05, 3.63) is 83.6 Å². The highest BCUT2D eigenvalue weighted by Gasteiger charge is 2.30. The van der Waals surface area contributed by atoms with E-state index in [0.29, 0.717) is 11.3 Å². The average molecular weight is 319 g/mol. The van der Waals surface area contributed by atoms with E-state index in [0.717, 1.165) is 11.1 Å². The van der Waals surface area contributed by atoms with Crippen LogP contribution in [0.1, 0.15) is 18.1 Å². The Labute approximate surface area is 140 Å². The molecule has 1 aliphatic heterocycles. The van der Waals surface area contributed by atoms with Crippen LogP contribution in [0.15, 0.2) is 72.4 Å². The molecule has 1 N–H and O–H groups in total. The molecular formula is C20H17NO3. The molecule has 0 spiro atoms. The summed E-state index contributed by atoms with van der Waals surface area (Å²) in [7, 11) is 0. The Balaban J connectivity index is 2.07. The Morgan fingerprint density at radius 2 is 1.58 bits per heavy atom. The van der Waals surface area contributed by atoms with Gasteiger partial charge in [-0.3, -0.25) is 4.79 Å². The van der Waals surface area contributed by atoms with E-state index in [1.807, 2.05) is 60.7 Å². The van der Waals surface area contributed by atoms with E-state index in [9.17, 15) is 9.59 Å². The number of carbonyl (C=O) groups excluding carboxylic acids is 2. The van der Waals surface area contributed by atoms with Gasteiger partial charge in [0.15, 0.2) is 0 Å². The number of esters is 1. The van der Waals surface area contributed by atoms with Crippen LogP contribution in [0.25, 0.3) is 11.3 Å². The average Bonchev–Trinajstić information content (AvgIpc) is 2.93. The van der Waals surface area contributed by atoms with Crippen molar-refractivity contribution < 1.29 is 14.3 Å². The molecule has 4 heteroatoms. The Morgan fingerprint density at radius 1 is 1.00 bits per heavy atom. The van der Waals surface area contributed by atoms with Gasteiger partial charge in [-0.15, -0.1) is 0 Å². The highest BCUT2D eigenvalue weighted by molar-refractivity contribution is 6.38. The van der Waals surface area contributed by atoms with Gasteiger partial charge in [-0.1, -0.05) is 60.7 Å². The van der Waals surface area contributed by atoms with Crippen molar-refractivity contribution in [3.63, 3.8) is 0 Å². The predicted octanol–water partition coefficient (Wildman–Crippen LogP) is 3.17. The van der Waals surface area contributed by atoms with Crippen molar-refractivity contribution in [2.24, 2.45) is 0 Å². The first-order valence-electron chi connectivity index (χ1n) is 7.76. The van der Waals surface area contributed by atoms with E-state index in [2.05, 4.69) is 5.32 Å². The van der Waals surface area contributed by atoms with E-state index >= 15 is 0 Å². The van der Waals surface area contributed by atoms with E-state index < -0.39 is 5.97 Å². The van der Waals surface area contributed by atoms with Gasteiger partial charge < -0.3 is 10.1 Å². The molecule has 4 nitrogen and oxygen atoms in total. The molecule has 24 heavy (non-hydrogen) atoms. The third-order valence-electron chi connectivity index (χ3n) is 3.66. The van der Waals surface area contributed by atoms with Gasteiger partial charge in [0.05, 0.1) is 29.7 Å². The molecule has 0 amide bonds. The lowest BCUT2D eigenvalue weighted by molar-refractivity contribution is -0.137. The molecule has 120 valence electrons. The molecule has 0 aromatic heterocycles. The molecule has 0 saturated heterocycles. The highest BCUT2D eigenvalue weighted by Crippen LogP contribution is 2.33. The lowest BCUT2D eigenvalue weighted by atomic mass is 9.98. The van der Waals surface area contributed by atoms with E-state index in [1.54, 1.807) is 6.92 Å². The summed E-state index contributed by atoms with van der Waals surface area (Å²) < 4.78 is 4.91. The van der Waals surface area contributed by atoms with Gasteiger partial charge in [-0.05, 0) is 18.1 Å². The number of ether oxygens (including phenoxy) is 1. The van der Waals surface area contributed by atoms with E-state index in [1.165, 1.54) is 6.08 Å². The van der Waals surface area contributed by atoms with Crippen molar-refractivity contribution in [2.75, 3.05) is 6.61 Å². The number of hydrogen-bond donors (Lipinski definition) is 1. The van der Waals surface area contributed by atoms with Gasteiger partial charge in [0.25, 0.3) is 0 Å². The van der Waals surface area contributed by atoms with Gasteiger partial charge in [-0.2, -0.15) is 0 Å². The topological polar surface area (TPSA) is 55.4 Å².